The lowest BCUT2D eigenvalue weighted by molar-refractivity contribution is -0.0657. The van der Waals surface area contributed by atoms with Crippen LogP contribution in [0, 0.1) is 0 Å². The summed E-state index contributed by atoms with van der Waals surface area (Å²) in [6.45, 7) is 4.05. The van der Waals surface area contributed by atoms with E-state index in [4.69, 9.17) is 15.1 Å². The van der Waals surface area contributed by atoms with Gasteiger partial charge >= 0.3 is 0 Å². The van der Waals surface area contributed by atoms with Gasteiger partial charge in [0.2, 0.25) is 0 Å². The average molecular weight is 313 g/mol. The molecule has 0 bridgehead atoms. The van der Waals surface area contributed by atoms with Crippen molar-refractivity contribution in [2.75, 3.05) is 13.1 Å². The predicted octanol–water partition coefficient (Wildman–Crippen LogP) is 0.685. The van der Waals surface area contributed by atoms with Crippen molar-refractivity contribution in [2.45, 2.75) is 38.6 Å². The van der Waals surface area contributed by atoms with Crippen molar-refractivity contribution in [1.82, 2.24) is 15.3 Å². The number of fused-ring (bicyclic) bond motifs is 3. The SMILES string of the molecule is CCNC1CCCCN1N1C=c2oc3ccccc3c2=NC1N. The van der Waals surface area contributed by atoms with E-state index in [2.05, 4.69) is 17.2 Å². The second-order valence-corrected chi connectivity index (χ2v) is 6.10. The molecule has 1 aromatic carbocycles. The average Bonchev–Trinajstić information content (AvgIpc) is 2.93. The van der Waals surface area contributed by atoms with Gasteiger partial charge in [0, 0.05) is 11.9 Å². The van der Waals surface area contributed by atoms with Crippen LogP contribution in [0.2, 0.25) is 0 Å². The smallest absolute Gasteiger partial charge is 0.187 e. The third-order valence-electron chi connectivity index (χ3n) is 4.59. The molecule has 6 nitrogen and oxygen atoms in total. The zero-order chi connectivity index (χ0) is 15.8. The summed E-state index contributed by atoms with van der Waals surface area (Å²) in [6, 6.07) is 7.97. The maximum Gasteiger partial charge on any atom is 0.187 e. The fourth-order valence-electron chi connectivity index (χ4n) is 3.52. The highest BCUT2D eigenvalue weighted by Gasteiger charge is 2.30. The van der Waals surface area contributed by atoms with Gasteiger partial charge in [0.25, 0.3) is 0 Å². The molecule has 2 aromatic rings. The summed E-state index contributed by atoms with van der Waals surface area (Å²) >= 11 is 0. The molecule has 2 aliphatic heterocycles. The van der Waals surface area contributed by atoms with E-state index in [0.717, 1.165) is 41.3 Å². The molecule has 1 aromatic heterocycles. The number of para-hydroxylation sites is 1. The molecular weight excluding hydrogens is 290 g/mol. The van der Waals surface area contributed by atoms with E-state index in [9.17, 15) is 0 Å². The van der Waals surface area contributed by atoms with E-state index < -0.39 is 6.29 Å². The van der Waals surface area contributed by atoms with Crippen LogP contribution in [0.25, 0.3) is 17.2 Å². The number of nitrogens with two attached hydrogens (primary N) is 1. The van der Waals surface area contributed by atoms with Crippen molar-refractivity contribution in [3.8, 4) is 0 Å². The third-order valence-corrected chi connectivity index (χ3v) is 4.59. The Bertz CT molecular complexity index is 812. The quantitative estimate of drug-likeness (QED) is 0.872. The Morgan fingerprint density at radius 3 is 3.09 bits per heavy atom. The normalized spacial score (nSPS) is 25.0. The standard InChI is InChI=1S/C17H23N5O/c1-2-19-15-9-5-6-10-21(15)22-11-14-16(20-17(22)18)12-7-3-4-8-13(12)23-14/h3-4,7-8,11,15,17,19H,2,5-6,9-10,18H2,1H3. The van der Waals surface area contributed by atoms with Crippen molar-refractivity contribution in [3.63, 3.8) is 0 Å². The molecule has 0 radical (unpaired) electrons. The molecule has 2 unspecified atom stereocenters. The van der Waals surface area contributed by atoms with Gasteiger partial charge in [0.15, 0.2) is 11.7 Å². The van der Waals surface area contributed by atoms with E-state index in [1.54, 1.807) is 0 Å². The summed E-state index contributed by atoms with van der Waals surface area (Å²) < 4.78 is 5.96. The Hall–Kier alpha value is -1.89. The number of furan rings is 1. The molecule has 122 valence electrons. The zero-order valence-corrected chi connectivity index (χ0v) is 13.4. The minimum absolute atomic E-state index is 0.303. The molecule has 1 fully saturated rings. The maximum absolute atomic E-state index is 6.35. The summed E-state index contributed by atoms with van der Waals surface area (Å²) in [5, 5.41) is 9.74. The Kier molecular flexibility index (Phi) is 3.80. The van der Waals surface area contributed by atoms with Gasteiger partial charge in [-0.15, -0.1) is 0 Å². The number of hydrogen-bond acceptors (Lipinski definition) is 6. The minimum Gasteiger partial charge on any atom is -0.453 e. The summed E-state index contributed by atoms with van der Waals surface area (Å²) in [5.41, 5.74) is 7.99. The van der Waals surface area contributed by atoms with E-state index in [1.165, 1.54) is 12.8 Å². The zero-order valence-electron chi connectivity index (χ0n) is 13.4. The second kappa shape index (κ2) is 5.96. The fourth-order valence-corrected chi connectivity index (χ4v) is 3.52. The lowest BCUT2D eigenvalue weighted by atomic mass is 10.1. The highest BCUT2D eigenvalue weighted by Crippen LogP contribution is 2.20. The number of piperidine rings is 1. The van der Waals surface area contributed by atoms with E-state index in [0.29, 0.717) is 6.17 Å². The van der Waals surface area contributed by atoms with Crippen LogP contribution in [0.3, 0.4) is 0 Å². The lowest BCUT2D eigenvalue weighted by Gasteiger charge is -2.44. The molecule has 0 aliphatic carbocycles. The summed E-state index contributed by atoms with van der Waals surface area (Å²) in [7, 11) is 0. The molecule has 4 rings (SSSR count). The van der Waals surface area contributed by atoms with Crippen molar-refractivity contribution in [2.24, 2.45) is 10.7 Å². The monoisotopic (exact) mass is 313 g/mol. The molecule has 3 N–H and O–H groups in total. The summed E-state index contributed by atoms with van der Waals surface area (Å²) in [5.74, 6) is 0. The molecule has 2 atom stereocenters. The number of rotatable bonds is 3. The first-order valence-corrected chi connectivity index (χ1v) is 8.39. The molecular formula is C17H23N5O. The van der Waals surface area contributed by atoms with Gasteiger partial charge in [-0.05, 0) is 37.9 Å². The minimum atomic E-state index is -0.414. The fraction of sp³-hybridized carbons (Fsp3) is 0.471. The highest BCUT2D eigenvalue weighted by molar-refractivity contribution is 5.76. The molecule has 1 saturated heterocycles. The van der Waals surface area contributed by atoms with E-state index in [-0.39, 0.29) is 0 Å². The van der Waals surface area contributed by atoms with Crippen LogP contribution in [0.4, 0.5) is 0 Å². The molecule has 6 heteroatoms. The molecule has 0 spiro atoms. The maximum atomic E-state index is 6.35. The number of nitrogens with zero attached hydrogens (tertiary/aromatic N) is 3. The molecule has 23 heavy (non-hydrogen) atoms. The van der Waals surface area contributed by atoms with Crippen molar-refractivity contribution in [1.29, 1.82) is 0 Å². The van der Waals surface area contributed by atoms with Gasteiger partial charge in [-0.1, -0.05) is 19.1 Å². The summed E-state index contributed by atoms with van der Waals surface area (Å²) in [6.07, 6.45) is 5.43. The van der Waals surface area contributed by atoms with E-state index >= 15 is 0 Å². The first-order valence-electron chi connectivity index (χ1n) is 8.39. The molecule has 2 aliphatic rings. The molecule has 3 heterocycles. The number of hydrazine groups is 1. The second-order valence-electron chi connectivity index (χ2n) is 6.10. The van der Waals surface area contributed by atoms with Crippen LogP contribution in [0.15, 0.2) is 33.7 Å². The van der Waals surface area contributed by atoms with E-state index in [1.807, 2.05) is 35.5 Å². The van der Waals surface area contributed by atoms with Crippen LogP contribution in [0.1, 0.15) is 26.2 Å². The third kappa shape index (κ3) is 2.52. The van der Waals surface area contributed by atoms with Crippen molar-refractivity contribution >= 4 is 17.2 Å². The number of benzene rings is 1. The van der Waals surface area contributed by atoms with Crippen molar-refractivity contribution < 1.29 is 4.42 Å². The lowest BCUT2D eigenvalue weighted by Crippen LogP contribution is -2.61. The Morgan fingerprint density at radius 2 is 2.22 bits per heavy atom. The Balaban J connectivity index is 1.76. The molecule has 0 amide bonds. The van der Waals surface area contributed by atoms with Gasteiger partial charge in [-0.2, -0.15) is 0 Å². The highest BCUT2D eigenvalue weighted by atomic mass is 16.3. The van der Waals surface area contributed by atoms with Crippen molar-refractivity contribution in [3.05, 3.63) is 35.0 Å². The van der Waals surface area contributed by atoms with Gasteiger partial charge in [0.05, 0.1) is 12.4 Å². The predicted molar refractivity (Wildman–Crippen MR) is 89.3 cm³/mol. The van der Waals surface area contributed by atoms with Gasteiger partial charge < -0.3 is 9.73 Å². The van der Waals surface area contributed by atoms with Crippen LogP contribution < -0.4 is 21.8 Å². The molecule has 0 saturated carbocycles. The summed E-state index contributed by atoms with van der Waals surface area (Å²) in [4.78, 5) is 4.69. The van der Waals surface area contributed by atoms with Crippen LogP contribution in [0.5, 0.6) is 0 Å². The number of hydrogen-bond donors (Lipinski definition) is 2. The van der Waals surface area contributed by atoms with Gasteiger partial charge in [-0.3, -0.25) is 10.7 Å². The van der Waals surface area contributed by atoms with Crippen LogP contribution >= 0.6 is 0 Å². The van der Waals surface area contributed by atoms with Gasteiger partial charge in [-0.25, -0.2) is 10.0 Å². The van der Waals surface area contributed by atoms with Gasteiger partial charge in [0.1, 0.15) is 10.9 Å². The van der Waals surface area contributed by atoms with Crippen LogP contribution in [-0.4, -0.2) is 35.6 Å². The Morgan fingerprint density at radius 1 is 1.35 bits per heavy atom. The topological polar surface area (TPSA) is 70.0 Å². The first-order chi connectivity index (χ1) is 11.3. The largest absolute Gasteiger partial charge is 0.453 e. The van der Waals surface area contributed by atoms with Crippen LogP contribution in [-0.2, 0) is 0 Å². The number of nitrogens with one attached hydrogen (secondary N) is 1. The first kappa shape index (κ1) is 14.7. The Labute approximate surface area is 135 Å².